The number of Topliss-reactive ketones (excluding diaryl/α,β-unsaturated/α-hetero) is 1. The molecule has 1 amide bonds. The summed E-state index contributed by atoms with van der Waals surface area (Å²) in [6, 6.07) is 16.8. The molecular weight excluding hydrogens is 382 g/mol. The first-order valence-electron chi connectivity index (χ1n) is 9.65. The van der Waals surface area contributed by atoms with E-state index in [1.54, 1.807) is 42.5 Å². The van der Waals surface area contributed by atoms with Crippen LogP contribution in [0.2, 0.25) is 0 Å². The van der Waals surface area contributed by atoms with Crippen molar-refractivity contribution in [2.24, 2.45) is 0 Å². The van der Waals surface area contributed by atoms with E-state index in [9.17, 15) is 14.7 Å². The van der Waals surface area contributed by atoms with Crippen LogP contribution in [0.5, 0.6) is 5.75 Å². The summed E-state index contributed by atoms with van der Waals surface area (Å²) in [5.74, 6) is -0.992. The lowest BCUT2D eigenvalue weighted by Crippen LogP contribution is -2.31. The zero-order valence-corrected chi connectivity index (χ0v) is 16.7. The van der Waals surface area contributed by atoms with Crippen LogP contribution in [-0.4, -0.2) is 23.4 Å². The zero-order valence-electron chi connectivity index (χ0n) is 16.7. The van der Waals surface area contributed by atoms with Crippen molar-refractivity contribution in [3.8, 4) is 5.75 Å². The number of hydrogen-bond acceptors (Lipinski definition) is 5. The number of anilines is 1. The van der Waals surface area contributed by atoms with Gasteiger partial charge in [0.25, 0.3) is 5.91 Å². The number of ether oxygens (including phenoxy) is 1. The fraction of sp³-hybridized carbons (Fsp3) is 0.167. The van der Waals surface area contributed by atoms with Crippen molar-refractivity contribution in [1.29, 1.82) is 0 Å². The first-order chi connectivity index (χ1) is 14.5. The number of aliphatic hydroxyl groups is 1. The highest BCUT2D eigenvalue weighted by Gasteiger charge is 2.45. The number of rotatable bonds is 6. The second kappa shape index (κ2) is 7.91. The molecule has 0 radical (unpaired) electrons. The molecular formula is C24H21NO5. The van der Waals surface area contributed by atoms with Gasteiger partial charge in [0.1, 0.15) is 5.75 Å². The van der Waals surface area contributed by atoms with E-state index in [0.717, 1.165) is 5.56 Å². The summed E-state index contributed by atoms with van der Waals surface area (Å²) in [5, 5.41) is 10.7. The molecule has 2 heterocycles. The summed E-state index contributed by atoms with van der Waals surface area (Å²) < 4.78 is 10.7. The summed E-state index contributed by atoms with van der Waals surface area (Å²) in [6.07, 6.45) is 1.38. The van der Waals surface area contributed by atoms with Gasteiger partial charge in [-0.1, -0.05) is 29.8 Å². The number of furan rings is 1. The van der Waals surface area contributed by atoms with Crippen LogP contribution in [0.3, 0.4) is 0 Å². The summed E-state index contributed by atoms with van der Waals surface area (Å²) in [5.41, 5.74) is 2.27. The van der Waals surface area contributed by atoms with Crippen LogP contribution in [0.15, 0.2) is 82.7 Å². The average Bonchev–Trinajstić information content (AvgIpc) is 3.37. The third-order valence-corrected chi connectivity index (χ3v) is 5.02. The Hall–Kier alpha value is -3.80. The Balaban J connectivity index is 1.83. The number of carbonyl (C=O) groups excluding carboxylic acids is 2. The third kappa shape index (κ3) is 3.37. The average molecular weight is 403 g/mol. The van der Waals surface area contributed by atoms with E-state index in [1.807, 2.05) is 26.0 Å². The molecule has 1 unspecified atom stereocenters. The van der Waals surface area contributed by atoms with Crippen molar-refractivity contribution in [1.82, 2.24) is 0 Å². The molecule has 1 atom stereocenters. The monoisotopic (exact) mass is 403 g/mol. The molecule has 30 heavy (non-hydrogen) atoms. The van der Waals surface area contributed by atoms with Crippen LogP contribution in [-0.2, 0) is 4.79 Å². The lowest BCUT2D eigenvalue weighted by atomic mass is 9.94. The maximum Gasteiger partial charge on any atom is 0.294 e. The largest absolute Gasteiger partial charge is 0.503 e. The molecule has 0 saturated heterocycles. The molecule has 2 aromatic carbocycles. The van der Waals surface area contributed by atoms with Crippen molar-refractivity contribution in [2.75, 3.05) is 11.5 Å². The van der Waals surface area contributed by atoms with E-state index >= 15 is 0 Å². The molecule has 0 saturated carbocycles. The fourth-order valence-electron chi connectivity index (χ4n) is 3.58. The van der Waals surface area contributed by atoms with Crippen LogP contribution in [0.4, 0.5) is 5.69 Å². The Bertz CT molecular complexity index is 1100. The minimum atomic E-state index is -0.798. The number of hydrogen-bond donors (Lipinski definition) is 1. The van der Waals surface area contributed by atoms with Gasteiger partial charge in [0.05, 0.1) is 24.5 Å². The van der Waals surface area contributed by atoms with Crippen LogP contribution in [0.1, 0.15) is 34.6 Å². The van der Waals surface area contributed by atoms with E-state index in [0.29, 0.717) is 23.6 Å². The quantitative estimate of drug-likeness (QED) is 0.600. The SMILES string of the molecule is CCOc1ccc(C2C(C(=O)c3ccco3)=C(O)C(=O)N2c2ccc(C)cc2)cc1. The Labute approximate surface area is 174 Å². The standard InChI is InChI=1S/C24H21NO5/c1-3-29-18-12-8-16(9-13-18)21-20(22(26)19-5-4-14-30-19)23(27)24(28)25(21)17-10-6-15(2)7-11-17/h4-14,21,27H,3H2,1-2H3. The van der Waals surface area contributed by atoms with Gasteiger partial charge in [0.15, 0.2) is 11.5 Å². The highest BCUT2D eigenvalue weighted by molar-refractivity contribution is 6.20. The van der Waals surface area contributed by atoms with Crippen molar-refractivity contribution >= 4 is 17.4 Å². The molecule has 4 rings (SSSR count). The van der Waals surface area contributed by atoms with E-state index in [2.05, 4.69) is 0 Å². The predicted molar refractivity (Wildman–Crippen MR) is 112 cm³/mol. The van der Waals surface area contributed by atoms with E-state index in [-0.39, 0.29) is 11.3 Å². The normalized spacial score (nSPS) is 16.3. The van der Waals surface area contributed by atoms with Gasteiger partial charge >= 0.3 is 0 Å². The molecule has 6 nitrogen and oxygen atoms in total. The lowest BCUT2D eigenvalue weighted by molar-refractivity contribution is -0.117. The van der Waals surface area contributed by atoms with Gasteiger partial charge in [-0.2, -0.15) is 0 Å². The summed E-state index contributed by atoms with van der Waals surface area (Å²) in [6.45, 7) is 4.37. The smallest absolute Gasteiger partial charge is 0.294 e. The van der Waals surface area contributed by atoms with E-state index < -0.39 is 23.5 Å². The Morgan fingerprint density at radius 1 is 1.10 bits per heavy atom. The second-order valence-corrected chi connectivity index (χ2v) is 6.98. The van der Waals surface area contributed by atoms with Gasteiger partial charge in [0, 0.05) is 5.69 Å². The molecule has 1 aliphatic rings. The molecule has 152 valence electrons. The number of aryl methyl sites for hydroxylation is 1. The van der Waals surface area contributed by atoms with Crippen LogP contribution < -0.4 is 9.64 Å². The first kappa shape index (κ1) is 19.5. The van der Waals surface area contributed by atoms with Gasteiger partial charge in [0.2, 0.25) is 5.78 Å². The van der Waals surface area contributed by atoms with Crippen molar-refractivity contribution < 1.29 is 23.8 Å². The topological polar surface area (TPSA) is 80.0 Å². The zero-order chi connectivity index (χ0) is 21.3. The first-order valence-corrected chi connectivity index (χ1v) is 9.65. The maximum atomic E-state index is 13.1. The number of benzene rings is 2. The number of aliphatic hydroxyl groups excluding tert-OH is 1. The molecule has 1 aliphatic heterocycles. The number of ketones is 1. The fourth-order valence-corrected chi connectivity index (χ4v) is 3.58. The van der Waals surface area contributed by atoms with Gasteiger partial charge in [-0.05, 0) is 55.8 Å². The van der Waals surface area contributed by atoms with Gasteiger partial charge in [-0.15, -0.1) is 0 Å². The van der Waals surface area contributed by atoms with Crippen molar-refractivity contribution in [3.05, 3.63) is 95.1 Å². The maximum absolute atomic E-state index is 13.1. The minimum Gasteiger partial charge on any atom is -0.503 e. The summed E-state index contributed by atoms with van der Waals surface area (Å²) in [4.78, 5) is 27.6. The van der Waals surface area contributed by atoms with Crippen molar-refractivity contribution in [2.45, 2.75) is 19.9 Å². The summed E-state index contributed by atoms with van der Waals surface area (Å²) in [7, 11) is 0. The molecule has 1 aromatic heterocycles. The van der Waals surface area contributed by atoms with Gasteiger partial charge in [-0.3, -0.25) is 14.5 Å². The van der Waals surface area contributed by atoms with Crippen LogP contribution in [0.25, 0.3) is 0 Å². The minimum absolute atomic E-state index is 0.0142. The lowest BCUT2D eigenvalue weighted by Gasteiger charge is -2.27. The Kier molecular flexibility index (Phi) is 5.14. The van der Waals surface area contributed by atoms with Gasteiger partial charge < -0.3 is 14.3 Å². The molecule has 6 heteroatoms. The van der Waals surface area contributed by atoms with E-state index in [1.165, 1.54) is 17.2 Å². The molecule has 0 fully saturated rings. The highest BCUT2D eigenvalue weighted by Crippen LogP contribution is 2.42. The molecule has 1 N–H and O–H groups in total. The third-order valence-electron chi connectivity index (χ3n) is 5.02. The van der Waals surface area contributed by atoms with Crippen molar-refractivity contribution in [3.63, 3.8) is 0 Å². The highest BCUT2D eigenvalue weighted by atomic mass is 16.5. The second-order valence-electron chi connectivity index (χ2n) is 6.98. The Morgan fingerprint density at radius 3 is 2.40 bits per heavy atom. The molecule has 3 aromatic rings. The van der Waals surface area contributed by atoms with Crippen LogP contribution in [0, 0.1) is 6.92 Å². The number of amides is 1. The molecule has 0 aliphatic carbocycles. The number of nitrogens with zero attached hydrogens (tertiary/aromatic N) is 1. The predicted octanol–water partition coefficient (Wildman–Crippen LogP) is 4.77. The molecule has 0 bridgehead atoms. The van der Waals surface area contributed by atoms with Crippen LogP contribution >= 0.6 is 0 Å². The Morgan fingerprint density at radius 2 is 1.80 bits per heavy atom. The number of carbonyl (C=O) groups is 2. The molecule has 0 spiro atoms. The van der Waals surface area contributed by atoms with E-state index in [4.69, 9.17) is 9.15 Å². The van der Waals surface area contributed by atoms with Gasteiger partial charge in [-0.25, -0.2) is 0 Å². The summed E-state index contributed by atoms with van der Waals surface area (Å²) >= 11 is 0.